The first kappa shape index (κ1) is 24.0. The minimum atomic E-state index is -0.189. The van der Waals surface area contributed by atoms with Crippen molar-refractivity contribution in [1.82, 2.24) is 14.8 Å². The minimum Gasteiger partial charge on any atom is -0.361 e. The van der Waals surface area contributed by atoms with Crippen molar-refractivity contribution in [3.63, 3.8) is 0 Å². The molecule has 0 saturated heterocycles. The molecule has 3 aromatic rings. The van der Waals surface area contributed by atoms with Gasteiger partial charge in [0.15, 0.2) is 0 Å². The van der Waals surface area contributed by atoms with E-state index in [1.54, 1.807) is 0 Å². The van der Waals surface area contributed by atoms with E-state index in [0.29, 0.717) is 19.0 Å². The van der Waals surface area contributed by atoms with Crippen molar-refractivity contribution < 1.29 is 9.59 Å². The van der Waals surface area contributed by atoms with Crippen LogP contribution in [-0.4, -0.2) is 45.7 Å². The van der Waals surface area contributed by atoms with Gasteiger partial charge in [-0.3, -0.25) is 9.59 Å². The Morgan fingerprint density at radius 2 is 1.53 bits per heavy atom. The molecule has 198 valence electrons. The Labute approximate surface area is 225 Å². The molecular formula is C33H39N3O2. The van der Waals surface area contributed by atoms with Gasteiger partial charge in [-0.15, -0.1) is 0 Å². The number of fused-ring (bicyclic) bond motifs is 1. The Morgan fingerprint density at radius 1 is 0.868 bits per heavy atom. The van der Waals surface area contributed by atoms with E-state index in [0.717, 1.165) is 67.4 Å². The van der Waals surface area contributed by atoms with Crippen LogP contribution in [0, 0.1) is 23.2 Å². The first-order valence-corrected chi connectivity index (χ1v) is 14.7. The summed E-state index contributed by atoms with van der Waals surface area (Å²) in [4.78, 5) is 35.6. The van der Waals surface area contributed by atoms with E-state index in [2.05, 4.69) is 41.5 Å². The zero-order valence-electron chi connectivity index (χ0n) is 22.3. The zero-order valence-corrected chi connectivity index (χ0v) is 22.3. The maximum absolute atomic E-state index is 14.2. The van der Waals surface area contributed by atoms with Gasteiger partial charge < -0.3 is 14.8 Å². The van der Waals surface area contributed by atoms with Gasteiger partial charge in [-0.05, 0) is 92.7 Å². The maximum atomic E-state index is 14.2. The SMILES string of the molecule is O=C(CN(C(=O)C12CC3CC(CC(C3)C1)C2)C1CC1)N(CCc1c[nH]c2ccccc12)Cc1ccccc1. The van der Waals surface area contributed by atoms with Crippen molar-refractivity contribution in [2.45, 2.75) is 70.4 Å². The van der Waals surface area contributed by atoms with Gasteiger partial charge >= 0.3 is 0 Å². The van der Waals surface area contributed by atoms with Crippen molar-refractivity contribution in [2.24, 2.45) is 23.2 Å². The van der Waals surface area contributed by atoms with E-state index >= 15 is 0 Å². The molecule has 1 N–H and O–H groups in total. The van der Waals surface area contributed by atoms with Gasteiger partial charge in [-0.2, -0.15) is 0 Å². The van der Waals surface area contributed by atoms with E-state index in [1.807, 2.05) is 34.1 Å². The van der Waals surface area contributed by atoms with Crippen molar-refractivity contribution in [3.8, 4) is 0 Å². The number of amides is 2. The first-order valence-electron chi connectivity index (χ1n) is 14.7. The third-order valence-electron chi connectivity index (χ3n) is 9.94. The Morgan fingerprint density at radius 3 is 2.21 bits per heavy atom. The monoisotopic (exact) mass is 509 g/mol. The number of carbonyl (C=O) groups excluding carboxylic acids is 2. The summed E-state index contributed by atoms with van der Waals surface area (Å²) < 4.78 is 0. The van der Waals surface area contributed by atoms with E-state index in [9.17, 15) is 9.59 Å². The maximum Gasteiger partial charge on any atom is 0.242 e. The number of rotatable bonds is 9. The minimum absolute atomic E-state index is 0.0821. The number of aromatic amines is 1. The summed E-state index contributed by atoms with van der Waals surface area (Å²) in [5.74, 6) is 2.58. The Balaban J connectivity index is 1.10. The highest BCUT2D eigenvalue weighted by atomic mass is 16.2. The lowest BCUT2D eigenvalue weighted by Gasteiger charge is -2.56. The molecule has 38 heavy (non-hydrogen) atoms. The van der Waals surface area contributed by atoms with E-state index in [1.165, 1.54) is 30.2 Å². The summed E-state index contributed by atoms with van der Waals surface area (Å²) in [5, 5.41) is 1.22. The Kier molecular flexibility index (Phi) is 6.05. The number of hydrogen-bond acceptors (Lipinski definition) is 2. The topological polar surface area (TPSA) is 56.4 Å². The molecule has 0 atom stereocenters. The molecule has 8 rings (SSSR count). The molecule has 2 amide bonds. The molecule has 5 fully saturated rings. The molecule has 1 aromatic heterocycles. The molecule has 0 aliphatic heterocycles. The number of hydrogen-bond donors (Lipinski definition) is 1. The van der Waals surface area contributed by atoms with Gasteiger partial charge in [0.05, 0.1) is 5.41 Å². The van der Waals surface area contributed by atoms with Crippen LogP contribution >= 0.6 is 0 Å². The predicted molar refractivity (Wildman–Crippen MR) is 149 cm³/mol. The second kappa shape index (κ2) is 9.59. The van der Waals surface area contributed by atoms with E-state index in [-0.39, 0.29) is 23.9 Å². The van der Waals surface area contributed by atoms with Gasteiger partial charge in [-0.25, -0.2) is 0 Å². The van der Waals surface area contributed by atoms with Crippen LogP contribution in [0.2, 0.25) is 0 Å². The summed E-state index contributed by atoms with van der Waals surface area (Å²) in [5.41, 5.74) is 3.30. The average Bonchev–Trinajstić information content (AvgIpc) is 3.68. The average molecular weight is 510 g/mol. The number of nitrogens with one attached hydrogen (secondary N) is 1. The van der Waals surface area contributed by atoms with Crippen LogP contribution in [0.4, 0.5) is 0 Å². The van der Waals surface area contributed by atoms with Gasteiger partial charge in [0, 0.05) is 36.2 Å². The lowest BCUT2D eigenvalue weighted by Crippen LogP contribution is -2.56. The highest BCUT2D eigenvalue weighted by Gasteiger charge is 2.56. The molecule has 0 spiro atoms. The van der Waals surface area contributed by atoms with Crippen molar-refractivity contribution in [1.29, 1.82) is 0 Å². The third kappa shape index (κ3) is 4.54. The Hall–Kier alpha value is -3.08. The summed E-state index contributed by atoms with van der Waals surface area (Å²) in [7, 11) is 0. The van der Waals surface area contributed by atoms with Crippen LogP contribution in [0.15, 0.2) is 60.8 Å². The van der Waals surface area contributed by atoms with Crippen LogP contribution < -0.4 is 0 Å². The second-order valence-electron chi connectivity index (χ2n) is 12.8. The van der Waals surface area contributed by atoms with E-state index in [4.69, 9.17) is 0 Å². The lowest BCUT2D eigenvalue weighted by atomic mass is 9.49. The van der Waals surface area contributed by atoms with Gasteiger partial charge in [-0.1, -0.05) is 48.5 Å². The quantitative estimate of drug-likeness (QED) is 0.388. The second-order valence-corrected chi connectivity index (χ2v) is 12.8. The summed E-state index contributed by atoms with van der Waals surface area (Å²) in [6.45, 7) is 1.44. The molecule has 0 radical (unpaired) electrons. The molecule has 5 aliphatic carbocycles. The summed E-state index contributed by atoms with van der Waals surface area (Å²) in [6, 6.07) is 18.9. The van der Waals surface area contributed by atoms with Crippen molar-refractivity contribution in [3.05, 3.63) is 71.9 Å². The largest absolute Gasteiger partial charge is 0.361 e. The molecule has 5 nitrogen and oxygen atoms in total. The fraction of sp³-hybridized carbons (Fsp3) is 0.515. The van der Waals surface area contributed by atoms with Crippen LogP contribution in [0.5, 0.6) is 0 Å². The van der Waals surface area contributed by atoms with Crippen molar-refractivity contribution in [2.75, 3.05) is 13.1 Å². The standard InChI is InChI=1S/C33H39N3O2/c37-31(22-36(28-10-11-28)32(38)33-17-24-14-25(18-33)16-26(15-24)19-33)35(21-23-6-2-1-3-7-23)13-12-27-20-34-30-9-5-4-8-29(27)30/h1-9,20,24-26,28,34H,10-19,21-22H2. The van der Waals surface area contributed by atoms with Crippen LogP contribution in [0.25, 0.3) is 10.9 Å². The van der Waals surface area contributed by atoms with Crippen molar-refractivity contribution >= 4 is 22.7 Å². The summed E-state index contributed by atoms with van der Waals surface area (Å²) >= 11 is 0. The van der Waals surface area contributed by atoms with Gasteiger partial charge in [0.25, 0.3) is 0 Å². The number of nitrogens with zero attached hydrogens (tertiary/aromatic N) is 2. The molecule has 4 bridgehead atoms. The molecule has 5 aliphatic rings. The highest BCUT2D eigenvalue weighted by Crippen LogP contribution is 2.61. The smallest absolute Gasteiger partial charge is 0.242 e. The fourth-order valence-electron chi connectivity index (χ4n) is 8.37. The van der Waals surface area contributed by atoms with E-state index < -0.39 is 0 Å². The normalized spacial score (nSPS) is 27.5. The number of aromatic nitrogens is 1. The van der Waals surface area contributed by atoms with Crippen LogP contribution in [-0.2, 0) is 22.6 Å². The number of carbonyl (C=O) groups is 2. The summed E-state index contributed by atoms with van der Waals surface area (Å²) in [6.07, 6.45) is 12.1. The first-order chi connectivity index (χ1) is 18.6. The number of para-hydroxylation sites is 1. The molecule has 0 unspecified atom stereocenters. The Bertz CT molecular complexity index is 1290. The lowest BCUT2D eigenvalue weighted by molar-refractivity contribution is -0.161. The zero-order chi connectivity index (χ0) is 25.7. The van der Waals surface area contributed by atoms with Crippen LogP contribution in [0.3, 0.4) is 0 Å². The molecular weight excluding hydrogens is 470 g/mol. The molecule has 1 heterocycles. The number of benzene rings is 2. The van der Waals surface area contributed by atoms with Crippen LogP contribution in [0.1, 0.15) is 62.5 Å². The molecule has 5 saturated carbocycles. The fourth-order valence-corrected chi connectivity index (χ4v) is 8.37. The number of H-pyrrole nitrogens is 1. The third-order valence-corrected chi connectivity index (χ3v) is 9.94. The predicted octanol–water partition coefficient (Wildman–Crippen LogP) is 5.95. The van der Waals surface area contributed by atoms with Gasteiger partial charge in [0.2, 0.25) is 11.8 Å². The van der Waals surface area contributed by atoms with Gasteiger partial charge in [0.1, 0.15) is 6.54 Å². The molecule has 2 aromatic carbocycles. The molecule has 5 heteroatoms. The highest BCUT2D eigenvalue weighted by molar-refractivity contribution is 5.89.